The number of anilines is 2. The van der Waals surface area contributed by atoms with Gasteiger partial charge < -0.3 is 19.7 Å². The number of benzene rings is 3. The van der Waals surface area contributed by atoms with Crippen LogP contribution in [0.15, 0.2) is 78.9 Å². The molecule has 1 N–H and O–H groups in total. The minimum absolute atomic E-state index is 0.0872. The Kier molecular flexibility index (Phi) is 6.17. The Bertz CT molecular complexity index is 1150. The van der Waals surface area contributed by atoms with Gasteiger partial charge in [0.2, 0.25) is 11.8 Å². The lowest BCUT2D eigenvalue weighted by molar-refractivity contribution is -0.122. The van der Waals surface area contributed by atoms with E-state index in [0.717, 1.165) is 5.69 Å². The van der Waals surface area contributed by atoms with Crippen LogP contribution in [0, 0.1) is 5.92 Å². The number of esters is 1. The maximum absolute atomic E-state index is 12.8. The number of rotatable bonds is 6. The lowest BCUT2D eigenvalue weighted by atomic mass is 10.1. The second-order valence-electron chi connectivity index (χ2n) is 7.35. The number of carbonyl (C=O) groups excluding carboxylic acids is 3. The second kappa shape index (κ2) is 9.34. The van der Waals surface area contributed by atoms with E-state index in [2.05, 4.69) is 5.32 Å². The standard InChI is InChI=1S/C25H22N2O5/c1-31-22-13-6-5-12-21(22)25(30)32-20-11-7-8-18(15-20)26-24(29)17-14-23(28)27(16-17)19-9-3-2-4-10-19/h2-13,15,17H,14,16H2,1H3,(H,26,29)/t17-/m0/s1. The van der Waals surface area contributed by atoms with Gasteiger partial charge in [-0.05, 0) is 36.4 Å². The molecule has 1 atom stereocenters. The van der Waals surface area contributed by atoms with E-state index in [1.807, 2.05) is 30.3 Å². The van der Waals surface area contributed by atoms with Gasteiger partial charge in [-0.3, -0.25) is 9.59 Å². The highest BCUT2D eigenvalue weighted by Gasteiger charge is 2.35. The first kappa shape index (κ1) is 21.1. The number of hydrogen-bond acceptors (Lipinski definition) is 5. The van der Waals surface area contributed by atoms with Crippen LogP contribution in [-0.4, -0.2) is 31.4 Å². The third kappa shape index (κ3) is 4.62. The summed E-state index contributed by atoms with van der Waals surface area (Å²) in [6.07, 6.45) is 0.142. The van der Waals surface area contributed by atoms with E-state index in [1.165, 1.54) is 7.11 Å². The number of amides is 2. The number of carbonyl (C=O) groups is 3. The molecule has 0 bridgehead atoms. The minimum atomic E-state index is -0.564. The fourth-order valence-corrected chi connectivity index (χ4v) is 3.60. The predicted octanol–water partition coefficient (Wildman–Crippen LogP) is 3.91. The Balaban J connectivity index is 1.41. The number of nitrogens with one attached hydrogen (secondary N) is 1. The van der Waals surface area contributed by atoms with Crippen molar-refractivity contribution in [3.63, 3.8) is 0 Å². The Morgan fingerprint density at radius 2 is 1.72 bits per heavy atom. The molecule has 0 unspecified atom stereocenters. The summed E-state index contributed by atoms with van der Waals surface area (Å²) >= 11 is 0. The topological polar surface area (TPSA) is 84.9 Å². The molecule has 1 fully saturated rings. The van der Waals surface area contributed by atoms with Crippen molar-refractivity contribution in [3.05, 3.63) is 84.4 Å². The minimum Gasteiger partial charge on any atom is -0.496 e. The normalized spacial score (nSPS) is 15.3. The zero-order valence-electron chi connectivity index (χ0n) is 17.5. The van der Waals surface area contributed by atoms with Crippen molar-refractivity contribution in [2.75, 3.05) is 23.9 Å². The van der Waals surface area contributed by atoms with Gasteiger partial charge in [0.15, 0.2) is 0 Å². The van der Waals surface area contributed by atoms with E-state index in [9.17, 15) is 14.4 Å². The molecule has 3 aromatic carbocycles. The van der Waals surface area contributed by atoms with Gasteiger partial charge in [-0.25, -0.2) is 4.79 Å². The summed E-state index contributed by atoms with van der Waals surface area (Å²) in [6, 6.07) is 22.6. The van der Waals surface area contributed by atoms with Crippen molar-refractivity contribution in [2.24, 2.45) is 5.92 Å². The molecule has 1 aliphatic rings. The number of ether oxygens (including phenoxy) is 2. The molecule has 4 rings (SSSR count). The van der Waals surface area contributed by atoms with Crippen LogP contribution in [0.1, 0.15) is 16.8 Å². The van der Waals surface area contributed by atoms with Crippen molar-refractivity contribution in [2.45, 2.75) is 6.42 Å². The SMILES string of the molecule is COc1ccccc1C(=O)Oc1cccc(NC(=O)[C@H]2CC(=O)N(c3ccccc3)C2)c1. The van der Waals surface area contributed by atoms with Crippen molar-refractivity contribution < 1.29 is 23.9 Å². The summed E-state index contributed by atoms with van der Waals surface area (Å²) in [5, 5.41) is 2.82. The van der Waals surface area contributed by atoms with Crippen LogP contribution in [-0.2, 0) is 9.59 Å². The van der Waals surface area contributed by atoms with Gasteiger partial charge in [-0.2, -0.15) is 0 Å². The molecule has 2 amide bonds. The van der Waals surface area contributed by atoms with Crippen LogP contribution in [0.3, 0.4) is 0 Å². The van der Waals surface area contributed by atoms with E-state index in [1.54, 1.807) is 53.4 Å². The summed E-state index contributed by atoms with van der Waals surface area (Å²) in [5.41, 5.74) is 1.55. The summed E-state index contributed by atoms with van der Waals surface area (Å²) in [6.45, 7) is 0.317. The fourth-order valence-electron chi connectivity index (χ4n) is 3.60. The highest BCUT2D eigenvalue weighted by Crippen LogP contribution is 2.27. The summed E-state index contributed by atoms with van der Waals surface area (Å²) in [7, 11) is 1.48. The monoisotopic (exact) mass is 430 g/mol. The summed E-state index contributed by atoms with van der Waals surface area (Å²) in [4.78, 5) is 39.3. The number of para-hydroxylation sites is 2. The Hall–Kier alpha value is -4.13. The first-order chi connectivity index (χ1) is 15.5. The van der Waals surface area contributed by atoms with Crippen LogP contribution in [0.25, 0.3) is 0 Å². The third-order valence-electron chi connectivity index (χ3n) is 5.20. The van der Waals surface area contributed by atoms with Crippen molar-refractivity contribution >= 4 is 29.2 Å². The van der Waals surface area contributed by atoms with Gasteiger partial charge >= 0.3 is 5.97 Å². The lowest BCUT2D eigenvalue weighted by Crippen LogP contribution is -2.28. The summed E-state index contributed by atoms with van der Waals surface area (Å²) in [5.74, 6) is -0.683. The molecule has 0 spiro atoms. The van der Waals surface area contributed by atoms with Gasteiger partial charge in [0.25, 0.3) is 0 Å². The zero-order valence-corrected chi connectivity index (χ0v) is 17.5. The zero-order chi connectivity index (χ0) is 22.5. The van der Waals surface area contributed by atoms with E-state index in [4.69, 9.17) is 9.47 Å². The largest absolute Gasteiger partial charge is 0.496 e. The molecule has 0 aliphatic carbocycles. The van der Waals surface area contributed by atoms with E-state index in [-0.39, 0.29) is 24.0 Å². The summed E-state index contributed by atoms with van der Waals surface area (Å²) < 4.78 is 10.6. The quantitative estimate of drug-likeness (QED) is 0.474. The van der Waals surface area contributed by atoms with Gasteiger partial charge in [0.05, 0.1) is 13.0 Å². The molecule has 7 nitrogen and oxygen atoms in total. The van der Waals surface area contributed by atoms with Crippen LogP contribution in [0.4, 0.5) is 11.4 Å². The molecular weight excluding hydrogens is 408 g/mol. The molecule has 1 saturated heterocycles. The first-order valence-corrected chi connectivity index (χ1v) is 10.2. The van der Waals surface area contributed by atoms with Gasteiger partial charge in [0.1, 0.15) is 17.1 Å². The van der Waals surface area contributed by atoms with E-state index in [0.29, 0.717) is 23.5 Å². The molecule has 1 heterocycles. The molecule has 0 aromatic heterocycles. The first-order valence-electron chi connectivity index (χ1n) is 10.2. The fraction of sp³-hybridized carbons (Fsp3) is 0.160. The molecule has 32 heavy (non-hydrogen) atoms. The average molecular weight is 430 g/mol. The molecule has 3 aromatic rings. The molecule has 0 radical (unpaired) electrons. The Morgan fingerprint density at radius 1 is 0.969 bits per heavy atom. The van der Waals surface area contributed by atoms with Crippen molar-refractivity contribution in [1.82, 2.24) is 0 Å². The highest BCUT2D eigenvalue weighted by atomic mass is 16.5. The van der Waals surface area contributed by atoms with E-state index >= 15 is 0 Å². The molecule has 0 saturated carbocycles. The predicted molar refractivity (Wildman–Crippen MR) is 120 cm³/mol. The molecule has 7 heteroatoms. The number of nitrogens with zero attached hydrogens (tertiary/aromatic N) is 1. The van der Waals surface area contributed by atoms with Gasteiger partial charge in [0, 0.05) is 30.4 Å². The molecular formula is C25H22N2O5. The highest BCUT2D eigenvalue weighted by molar-refractivity contribution is 6.03. The Morgan fingerprint density at radius 3 is 2.50 bits per heavy atom. The molecule has 162 valence electrons. The number of hydrogen-bond donors (Lipinski definition) is 1. The van der Waals surface area contributed by atoms with Crippen LogP contribution >= 0.6 is 0 Å². The van der Waals surface area contributed by atoms with Gasteiger partial charge in [-0.15, -0.1) is 0 Å². The van der Waals surface area contributed by atoms with Crippen LogP contribution in [0.2, 0.25) is 0 Å². The lowest BCUT2D eigenvalue weighted by Gasteiger charge is -2.16. The second-order valence-corrected chi connectivity index (χ2v) is 7.35. The van der Waals surface area contributed by atoms with Gasteiger partial charge in [-0.1, -0.05) is 36.4 Å². The van der Waals surface area contributed by atoms with Crippen LogP contribution < -0.4 is 19.7 Å². The maximum atomic E-state index is 12.8. The maximum Gasteiger partial charge on any atom is 0.347 e. The smallest absolute Gasteiger partial charge is 0.347 e. The van der Waals surface area contributed by atoms with Crippen molar-refractivity contribution in [1.29, 1.82) is 0 Å². The number of methoxy groups -OCH3 is 1. The van der Waals surface area contributed by atoms with E-state index < -0.39 is 11.9 Å². The van der Waals surface area contributed by atoms with Crippen LogP contribution in [0.5, 0.6) is 11.5 Å². The Labute approximate surface area is 185 Å². The average Bonchev–Trinajstić information content (AvgIpc) is 3.21. The third-order valence-corrected chi connectivity index (χ3v) is 5.20. The molecule has 1 aliphatic heterocycles. The van der Waals surface area contributed by atoms with Crippen molar-refractivity contribution in [3.8, 4) is 11.5 Å².